The van der Waals surface area contributed by atoms with Crippen molar-refractivity contribution in [2.24, 2.45) is 0 Å². The standard InChI is InChI=1S/C27H33ClF3N3O4S/c1-19(26(36)32-21-11-7-4-8-12-21)33(16-15-20-9-5-3-6-10-20)25(35)18-34(39(2,37)38)22-13-14-24(28)23(17-22)27(29,30)31/h3,5-6,9-10,13-14,17,19,21H,4,7-8,11-12,15-16,18H2,1-2H3,(H,32,36)/t19-/m1/s1. The van der Waals surface area contributed by atoms with Gasteiger partial charge in [0.1, 0.15) is 12.6 Å². The van der Waals surface area contributed by atoms with E-state index in [1.54, 1.807) is 6.92 Å². The number of halogens is 4. The summed E-state index contributed by atoms with van der Waals surface area (Å²) >= 11 is 5.70. The molecule has 39 heavy (non-hydrogen) atoms. The van der Waals surface area contributed by atoms with Crippen LogP contribution in [0.25, 0.3) is 0 Å². The second-order valence-corrected chi connectivity index (χ2v) is 12.1. The van der Waals surface area contributed by atoms with Gasteiger partial charge >= 0.3 is 6.18 Å². The Morgan fingerprint density at radius 2 is 1.72 bits per heavy atom. The Balaban J connectivity index is 1.88. The van der Waals surface area contributed by atoms with Crippen LogP contribution in [0.2, 0.25) is 5.02 Å². The number of rotatable bonds is 10. The molecule has 0 bridgehead atoms. The molecule has 1 saturated carbocycles. The van der Waals surface area contributed by atoms with E-state index >= 15 is 0 Å². The molecule has 0 aliphatic heterocycles. The molecule has 1 aliphatic rings. The highest BCUT2D eigenvalue weighted by molar-refractivity contribution is 7.92. The number of benzene rings is 2. The van der Waals surface area contributed by atoms with Crippen LogP contribution in [0.15, 0.2) is 48.5 Å². The van der Waals surface area contributed by atoms with Gasteiger partial charge in [0.2, 0.25) is 21.8 Å². The van der Waals surface area contributed by atoms with Crippen LogP contribution in [-0.4, -0.2) is 56.6 Å². The molecule has 12 heteroatoms. The number of carbonyl (C=O) groups excluding carboxylic acids is 2. The number of nitrogens with one attached hydrogen (secondary N) is 1. The third-order valence-electron chi connectivity index (χ3n) is 6.83. The zero-order chi connectivity index (χ0) is 28.8. The van der Waals surface area contributed by atoms with Gasteiger partial charge in [-0.05, 0) is 49.9 Å². The van der Waals surface area contributed by atoms with Gasteiger partial charge in [0.05, 0.1) is 22.5 Å². The van der Waals surface area contributed by atoms with E-state index in [4.69, 9.17) is 11.6 Å². The van der Waals surface area contributed by atoms with Gasteiger partial charge < -0.3 is 10.2 Å². The number of sulfonamides is 1. The highest BCUT2D eigenvalue weighted by atomic mass is 35.5. The molecule has 0 saturated heterocycles. The molecule has 1 atom stereocenters. The van der Waals surface area contributed by atoms with Crippen LogP contribution in [0.1, 0.15) is 50.2 Å². The lowest BCUT2D eigenvalue weighted by Crippen LogP contribution is -2.53. The van der Waals surface area contributed by atoms with E-state index in [1.807, 2.05) is 30.3 Å². The van der Waals surface area contributed by atoms with E-state index in [0.717, 1.165) is 56.1 Å². The summed E-state index contributed by atoms with van der Waals surface area (Å²) in [4.78, 5) is 28.0. The molecule has 1 aliphatic carbocycles. The van der Waals surface area contributed by atoms with Crippen molar-refractivity contribution < 1.29 is 31.2 Å². The summed E-state index contributed by atoms with van der Waals surface area (Å²) in [6, 6.07) is 11.0. The SMILES string of the molecule is C[C@H](C(=O)NC1CCCCC1)N(CCc1ccccc1)C(=O)CN(c1ccc(Cl)c(C(F)(F)F)c1)S(C)(=O)=O. The molecule has 214 valence electrons. The topological polar surface area (TPSA) is 86.8 Å². The van der Waals surface area contributed by atoms with Gasteiger partial charge in [-0.15, -0.1) is 0 Å². The van der Waals surface area contributed by atoms with Gasteiger partial charge in [0.25, 0.3) is 0 Å². The van der Waals surface area contributed by atoms with Crippen molar-refractivity contribution in [3.05, 3.63) is 64.7 Å². The molecule has 0 radical (unpaired) electrons. The van der Waals surface area contributed by atoms with Gasteiger partial charge in [-0.3, -0.25) is 13.9 Å². The monoisotopic (exact) mass is 587 g/mol. The summed E-state index contributed by atoms with van der Waals surface area (Å²) in [7, 11) is -4.18. The molecule has 0 heterocycles. The van der Waals surface area contributed by atoms with Crippen LogP contribution in [0, 0.1) is 0 Å². The van der Waals surface area contributed by atoms with E-state index in [-0.39, 0.29) is 24.2 Å². The fraction of sp³-hybridized carbons (Fsp3) is 0.481. The van der Waals surface area contributed by atoms with Crippen molar-refractivity contribution in [3.8, 4) is 0 Å². The molecule has 2 aromatic carbocycles. The Labute approximate surface area is 232 Å². The van der Waals surface area contributed by atoms with Crippen LogP contribution in [0.3, 0.4) is 0 Å². The predicted molar refractivity (Wildman–Crippen MR) is 145 cm³/mol. The zero-order valence-electron chi connectivity index (χ0n) is 21.9. The Kier molecular flexibility index (Phi) is 10.3. The number of hydrogen-bond donors (Lipinski definition) is 1. The molecule has 0 spiro atoms. The number of anilines is 1. The predicted octanol–water partition coefficient (Wildman–Crippen LogP) is 5.03. The van der Waals surface area contributed by atoms with Gasteiger partial charge in [0, 0.05) is 12.6 Å². The van der Waals surface area contributed by atoms with Crippen molar-refractivity contribution in [3.63, 3.8) is 0 Å². The third-order valence-corrected chi connectivity index (χ3v) is 8.30. The largest absolute Gasteiger partial charge is 0.417 e. The maximum Gasteiger partial charge on any atom is 0.417 e. The first-order chi connectivity index (χ1) is 18.3. The van der Waals surface area contributed by atoms with Crippen molar-refractivity contribution in [2.75, 3.05) is 23.7 Å². The first-order valence-corrected chi connectivity index (χ1v) is 15.0. The third kappa shape index (κ3) is 8.60. The maximum absolute atomic E-state index is 13.6. The zero-order valence-corrected chi connectivity index (χ0v) is 23.5. The average molecular weight is 588 g/mol. The number of nitrogens with zero attached hydrogens (tertiary/aromatic N) is 2. The summed E-state index contributed by atoms with van der Waals surface area (Å²) in [6.45, 7) is 0.887. The Morgan fingerprint density at radius 1 is 1.08 bits per heavy atom. The lowest BCUT2D eigenvalue weighted by molar-refractivity contribution is -0.139. The van der Waals surface area contributed by atoms with Crippen LogP contribution in [0.4, 0.5) is 18.9 Å². The van der Waals surface area contributed by atoms with Gasteiger partial charge in [-0.1, -0.05) is 61.2 Å². The summed E-state index contributed by atoms with van der Waals surface area (Å²) in [5.74, 6) is -1.08. The van der Waals surface area contributed by atoms with E-state index < -0.39 is 45.3 Å². The number of amides is 2. The molecule has 3 rings (SSSR count). The lowest BCUT2D eigenvalue weighted by Gasteiger charge is -2.33. The Morgan fingerprint density at radius 3 is 2.31 bits per heavy atom. The summed E-state index contributed by atoms with van der Waals surface area (Å²) < 4.78 is 66.3. The van der Waals surface area contributed by atoms with Gasteiger partial charge in [0.15, 0.2) is 0 Å². The second-order valence-electron chi connectivity index (χ2n) is 9.77. The molecule has 7 nitrogen and oxygen atoms in total. The molecule has 0 unspecified atom stereocenters. The van der Waals surface area contributed by atoms with Crippen molar-refractivity contribution in [1.29, 1.82) is 0 Å². The summed E-state index contributed by atoms with van der Waals surface area (Å²) in [5.41, 5.74) is -0.670. The van der Waals surface area contributed by atoms with E-state index in [2.05, 4.69) is 5.32 Å². The van der Waals surface area contributed by atoms with Crippen molar-refractivity contribution in [1.82, 2.24) is 10.2 Å². The highest BCUT2D eigenvalue weighted by Crippen LogP contribution is 2.37. The smallest absolute Gasteiger partial charge is 0.352 e. The normalized spacial score (nSPS) is 15.4. The van der Waals surface area contributed by atoms with E-state index in [9.17, 15) is 31.2 Å². The molecule has 1 fully saturated rings. The molecule has 1 N–H and O–H groups in total. The fourth-order valence-electron chi connectivity index (χ4n) is 4.64. The minimum atomic E-state index is -4.83. The quantitative estimate of drug-likeness (QED) is 0.422. The molecular weight excluding hydrogens is 555 g/mol. The van der Waals surface area contributed by atoms with E-state index in [1.165, 1.54) is 4.90 Å². The Hall–Kier alpha value is -2.79. The highest BCUT2D eigenvalue weighted by Gasteiger charge is 2.35. The first-order valence-electron chi connectivity index (χ1n) is 12.8. The van der Waals surface area contributed by atoms with Crippen LogP contribution in [0.5, 0.6) is 0 Å². The van der Waals surface area contributed by atoms with Crippen LogP contribution < -0.4 is 9.62 Å². The number of carbonyl (C=O) groups is 2. The van der Waals surface area contributed by atoms with E-state index in [0.29, 0.717) is 16.8 Å². The van der Waals surface area contributed by atoms with Crippen LogP contribution >= 0.6 is 11.6 Å². The molecule has 0 aromatic heterocycles. The minimum Gasteiger partial charge on any atom is -0.352 e. The fourth-order valence-corrected chi connectivity index (χ4v) is 5.70. The second kappa shape index (κ2) is 13.0. The maximum atomic E-state index is 13.6. The Bertz CT molecular complexity index is 1250. The van der Waals surface area contributed by atoms with Gasteiger partial charge in [-0.2, -0.15) is 13.2 Å². The number of alkyl halides is 3. The molecule has 2 aromatic rings. The number of hydrogen-bond acceptors (Lipinski definition) is 4. The van der Waals surface area contributed by atoms with Gasteiger partial charge in [-0.25, -0.2) is 8.42 Å². The average Bonchev–Trinajstić information content (AvgIpc) is 2.87. The summed E-state index contributed by atoms with van der Waals surface area (Å²) in [6.07, 6.45) is 1.16. The van der Waals surface area contributed by atoms with Crippen molar-refractivity contribution in [2.45, 2.75) is 63.7 Å². The summed E-state index contributed by atoms with van der Waals surface area (Å²) in [5, 5.41) is 2.40. The van der Waals surface area contributed by atoms with Crippen LogP contribution in [-0.2, 0) is 32.2 Å². The lowest BCUT2D eigenvalue weighted by atomic mass is 9.95. The first kappa shape index (κ1) is 30.7. The molecule has 2 amide bonds. The minimum absolute atomic E-state index is 0.00199. The van der Waals surface area contributed by atoms with Crippen molar-refractivity contribution >= 4 is 39.1 Å². The molecular formula is C27H33ClF3N3O4S.